The van der Waals surface area contributed by atoms with Crippen LogP contribution in [0.15, 0.2) is 18.2 Å². The molecule has 0 saturated carbocycles. The molecule has 0 bridgehead atoms. The maximum atomic E-state index is 12.5. The third-order valence-electron chi connectivity index (χ3n) is 3.63. The Bertz CT molecular complexity index is 582. The number of nitrogens with zero attached hydrogens (tertiary/aromatic N) is 1. The topological polar surface area (TPSA) is 66.6 Å². The Kier molecular flexibility index (Phi) is 4.12. The number of likely N-dealkylation sites (tertiary alicyclic amines) is 1. The lowest BCUT2D eigenvalue weighted by Gasteiger charge is -2.20. The van der Waals surface area contributed by atoms with Gasteiger partial charge in [-0.1, -0.05) is 17.9 Å². The van der Waals surface area contributed by atoms with E-state index in [0.717, 1.165) is 11.1 Å². The van der Waals surface area contributed by atoms with Crippen LogP contribution in [-0.4, -0.2) is 41.1 Å². The Balaban J connectivity index is 2.27. The van der Waals surface area contributed by atoms with Crippen molar-refractivity contribution >= 4 is 5.91 Å². The molecule has 0 spiro atoms. The van der Waals surface area contributed by atoms with E-state index >= 15 is 0 Å². The van der Waals surface area contributed by atoms with Crippen molar-refractivity contribution in [2.24, 2.45) is 5.73 Å². The molecule has 1 heterocycles. The second kappa shape index (κ2) is 5.66. The van der Waals surface area contributed by atoms with Gasteiger partial charge in [-0.15, -0.1) is 0 Å². The quantitative estimate of drug-likeness (QED) is 0.747. The first-order valence-corrected chi connectivity index (χ1v) is 6.75. The van der Waals surface area contributed by atoms with Crippen molar-refractivity contribution in [3.05, 3.63) is 34.9 Å². The Morgan fingerprint density at radius 3 is 2.90 bits per heavy atom. The van der Waals surface area contributed by atoms with Gasteiger partial charge in [-0.05, 0) is 38.0 Å². The van der Waals surface area contributed by atoms with Crippen LogP contribution in [-0.2, 0) is 0 Å². The van der Waals surface area contributed by atoms with Gasteiger partial charge in [0.25, 0.3) is 5.91 Å². The molecule has 1 aliphatic rings. The molecule has 1 fully saturated rings. The molecule has 2 rings (SSSR count). The predicted molar refractivity (Wildman–Crippen MR) is 78.3 cm³/mol. The summed E-state index contributed by atoms with van der Waals surface area (Å²) in [6.07, 6.45) is 0.616. The summed E-state index contributed by atoms with van der Waals surface area (Å²) in [5.74, 6) is 5.74. The second-order valence-corrected chi connectivity index (χ2v) is 5.46. The fraction of sp³-hybridized carbons (Fsp3) is 0.438. The molecule has 0 aliphatic carbocycles. The zero-order chi connectivity index (χ0) is 14.8. The number of aliphatic hydroxyl groups is 1. The zero-order valence-corrected chi connectivity index (χ0v) is 11.9. The Morgan fingerprint density at radius 1 is 1.55 bits per heavy atom. The minimum absolute atomic E-state index is 0.0447. The second-order valence-electron chi connectivity index (χ2n) is 5.46. The molecule has 3 N–H and O–H groups in total. The third-order valence-corrected chi connectivity index (χ3v) is 3.63. The third kappa shape index (κ3) is 3.01. The van der Waals surface area contributed by atoms with Gasteiger partial charge in [0, 0.05) is 24.2 Å². The molecule has 1 amide bonds. The molecule has 1 saturated heterocycles. The van der Waals surface area contributed by atoms with E-state index in [1.54, 1.807) is 17.9 Å². The van der Waals surface area contributed by atoms with E-state index in [1.807, 2.05) is 19.1 Å². The molecule has 20 heavy (non-hydrogen) atoms. The summed E-state index contributed by atoms with van der Waals surface area (Å²) in [6.45, 7) is 4.92. The van der Waals surface area contributed by atoms with Crippen molar-refractivity contribution < 1.29 is 9.90 Å². The molecule has 1 aliphatic heterocycles. The van der Waals surface area contributed by atoms with Gasteiger partial charge in [0.2, 0.25) is 0 Å². The lowest BCUT2D eigenvalue weighted by molar-refractivity contribution is 0.0571. The van der Waals surface area contributed by atoms with Crippen molar-refractivity contribution in [1.82, 2.24) is 4.90 Å². The zero-order valence-electron chi connectivity index (χ0n) is 11.9. The van der Waals surface area contributed by atoms with Gasteiger partial charge in [0.15, 0.2) is 0 Å². The number of carbonyl (C=O) groups is 1. The molecule has 106 valence electrons. The number of carbonyl (C=O) groups excluding carboxylic acids is 1. The molecule has 1 atom stereocenters. The first kappa shape index (κ1) is 14.6. The summed E-state index contributed by atoms with van der Waals surface area (Å²) in [5, 5.41) is 9.97. The van der Waals surface area contributed by atoms with Gasteiger partial charge in [-0.3, -0.25) is 4.79 Å². The fourth-order valence-electron chi connectivity index (χ4n) is 2.44. The molecule has 1 aromatic rings. The standard InChI is InChI=1S/C16H20N2O2/c1-12-13(6-4-9-17)5-3-7-14(12)15(19)18-10-8-16(2,20)11-18/h3,5,7,20H,8-11,17H2,1-2H3. The number of hydrogen-bond donors (Lipinski definition) is 2. The van der Waals surface area contributed by atoms with Gasteiger partial charge in [-0.25, -0.2) is 0 Å². The normalized spacial score (nSPS) is 21.5. The highest BCUT2D eigenvalue weighted by atomic mass is 16.3. The number of benzene rings is 1. The molecule has 0 aromatic heterocycles. The van der Waals surface area contributed by atoms with Gasteiger partial charge < -0.3 is 15.7 Å². The number of rotatable bonds is 1. The average molecular weight is 272 g/mol. The Morgan fingerprint density at radius 2 is 2.30 bits per heavy atom. The summed E-state index contributed by atoms with van der Waals surface area (Å²) in [5.41, 5.74) is 6.94. The fourth-order valence-corrected chi connectivity index (χ4v) is 2.44. The van der Waals surface area contributed by atoms with E-state index in [2.05, 4.69) is 11.8 Å². The molecular formula is C16H20N2O2. The minimum Gasteiger partial charge on any atom is -0.388 e. The van der Waals surface area contributed by atoms with E-state index < -0.39 is 5.60 Å². The van der Waals surface area contributed by atoms with E-state index in [0.29, 0.717) is 31.6 Å². The summed E-state index contributed by atoms with van der Waals surface area (Å²) in [4.78, 5) is 14.2. The minimum atomic E-state index is -0.777. The van der Waals surface area contributed by atoms with Crippen LogP contribution in [0, 0.1) is 18.8 Å². The van der Waals surface area contributed by atoms with Crippen LogP contribution in [0.3, 0.4) is 0 Å². The number of β-amino-alcohol motifs (C(OH)–C–C–N with tert-alkyl or cyclic N) is 1. The molecule has 4 nitrogen and oxygen atoms in total. The van der Waals surface area contributed by atoms with Crippen LogP contribution in [0.2, 0.25) is 0 Å². The number of nitrogens with two attached hydrogens (primary N) is 1. The lowest BCUT2D eigenvalue weighted by atomic mass is 10.0. The van der Waals surface area contributed by atoms with Gasteiger partial charge in [0.1, 0.15) is 0 Å². The van der Waals surface area contributed by atoms with Crippen LogP contribution in [0.1, 0.15) is 34.8 Å². The predicted octanol–water partition coefficient (Wildman–Crippen LogP) is 0.902. The van der Waals surface area contributed by atoms with Crippen molar-refractivity contribution in [2.75, 3.05) is 19.6 Å². The highest BCUT2D eigenvalue weighted by Crippen LogP contribution is 2.23. The summed E-state index contributed by atoms with van der Waals surface area (Å²) in [6, 6.07) is 5.52. The number of hydrogen-bond acceptors (Lipinski definition) is 3. The monoisotopic (exact) mass is 272 g/mol. The molecular weight excluding hydrogens is 252 g/mol. The smallest absolute Gasteiger partial charge is 0.254 e. The highest BCUT2D eigenvalue weighted by molar-refractivity contribution is 5.96. The lowest BCUT2D eigenvalue weighted by Crippen LogP contribution is -2.34. The van der Waals surface area contributed by atoms with Crippen molar-refractivity contribution in [3.8, 4) is 11.8 Å². The van der Waals surface area contributed by atoms with E-state index in [-0.39, 0.29) is 5.91 Å². The first-order valence-electron chi connectivity index (χ1n) is 6.75. The van der Waals surface area contributed by atoms with Crippen LogP contribution >= 0.6 is 0 Å². The largest absolute Gasteiger partial charge is 0.388 e. The van der Waals surface area contributed by atoms with Gasteiger partial charge in [0.05, 0.1) is 12.1 Å². The maximum absolute atomic E-state index is 12.5. The SMILES string of the molecule is Cc1c(C#CCN)cccc1C(=O)N1CCC(C)(O)C1. The summed E-state index contributed by atoms with van der Waals surface area (Å²) >= 11 is 0. The van der Waals surface area contributed by atoms with Gasteiger partial charge >= 0.3 is 0 Å². The number of amides is 1. The van der Waals surface area contributed by atoms with Crippen LogP contribution in [0.25, 0.3) is 0 Å². The van der Waals surface area contributed by atoms with E-state index in [4.69, 9.17) is 5.73 Å². The molecule has 4 heteroatoms. The van der Waals surface area contributed by atoms with Gasteiger partial charge in [-0.2, -0.15) is 0 Å². The van der Waals surface area contributed by atoms with Crippen LogP contribution in [0.4, 0.5) is 0 Å². The summed E-state index contributed by atoms with van der Waals surface area (Å²) < 4.78 is 0. The molecule has 1 unspecified atom stereocenters. The molecule has 1 aromatic carbocycles. The average Bonchev–Trinajstić information content (AvgIpc) is 2.77. The van der Waals surface area contributed by atoms with Crippen molar-refractivity contribution in [3.63, 3.8) is 0 Å². The first-order chi connectivity index (χ1) is 9.44. The maximum Gasteiger partial charge on any atom is 0.254 e. The van der Waals surface area contributed by atoms with E-state index in [1.165, 1.54) is 0 Å². The van der Waals surface area contributed by atoms with E-state index in [9.17, 15) is 9.90 Å². The Hall–Kier alpha value is -1.83. The molecule has 0 radical (unpaired) electrons. The van der Waals surface area contributed by atoms with Crippen LogP contribution < -0.4 is 5.73 Å². The Labute approximate surface area is 119 Å². The summed E-state index contributed by atoms with van der Waals surface area (Å²) in [7, 11) is 0. The van der Waals surface area contributed by atoms with Crippen molar-refractivity contribution in [1.29, 1.82) is 0 Å². The van der Waals surface area contributed by atoms with Crippen molar-refractivity contribution in [2.45, 2.75) is 25.9 Å². The highest BCUT2D eigenvalue weighted by Gasteiger charge is 2.34. The van der Waals surface area contributed by atoms with Crippen LogP contribution in [0.5, 0.6) is 0 Å².